The van der Waals surface area contributed by atoms with Crippen LogP contribution in [0.1, 0.15) is 33.4 Å². The Hall–Kier alpha value is -2.28. The third-order valence-corrected chi connectivity index (χ3v) is 4.09. The van der Waals surface area contributed by atoms with Crippen molar-refractivity contribution in [3.63, 3.8) is 0 Å². The average Bonchev–Trinajstić information content (AvgIpc) is 2.88. The topological polar surface area (TPSA) is 58.2 Å². The van der Waals surface area contributed by atoms with Gasteiger partial charge in [0, 0.05) is 17.8 Å². The SMILES string of the molecule is Cc1n[nH]c(C)c1[C@H]1COCCN1C(=O)c1cccc(F)c1F. The molecule has 5 nitrogen and oxygen atoms in total. The smallest absolute Gasteiger partial charge is 0.257 e. The fourth-order valence-corrected chi connectivity index (χ4v) is 2.96. The number of nitrogens with one attached hydrogen (secondary N) is 1. The van der Waals surface area contributed by atoms with E-state index in [1.807, 2.05) is 13.8 Å². The molecule has 1 fully saturated rings. The molecule has 1 atom stereocenters. The highest BCUT2D eigenvalue weighted by atomic mass is 19.2. The van der Waals surface area contributed by atoms with E-state index in [-0.39, 0.29) is 11.6 Å². The summed E-state index contributed by atoms with van der Waals surface area (Å²) in [6.45, 7) is 4.65. The van der Waals surface area contributed by atoms with Crippen molar-refractivity contribution in [1.29, 1.82) is 0 Å². The summed E-state index contributed by atoms with van der Waals surface area (Å²) in [4.78, 5) is 14.3. The molecule has 0 radical (unpaired) electrons. The monoisotopic (exact) mass is 321 g/mol. The summed E-state index contributed by atoms with van der Waals surface area (Å²) in [6.07, 6.45) is 0. The second kappa shape index (κ2) is 6.08. The fraction of sp³-hybridized carbons (Fsp3) is 0.375. The van der Waals surface area contributed by atoms with E-state index in [0.717, 1.165) is 23.0 Å². The molecule has 1 aromatic heterocycles. The summed E-state index contributed by atoms with van der Waals surface area (Å²) in [5.41, 5.74) is 2.18. The quantitative estimate of drug-likeness (QED) is 0.925. The molecule has 2 aromatic rings. The molecule has 0 saturated carbocycles. The summed E-state index contributed by atoms with van der Waals surface area (Å²) in [5.74, 6) is -2.70. The molecular formula is C16H17F2N3O2. The van der Waals surface area contributed by atoms with E-state index < -0.39 is 17.5 Å². The number of hydrogen-bond donors (Lipinski definition) is 1. The van der Waals surface area contributed by atoms with E-state index in [9.17, 15) is 13.6 Å². The number of H-pyrrole nitrogens is 1. The Morgan fingerprint density at radius 3 is 2.87 bits per heavy atom. The second-order valence-electron chi connectivity index (χ2n) is 5.54. The van der Waals surface area contributed by atoms with Crippen LogP contribution in [0.5, 0.6) is 0 Å². The van der Waals surface area contributed by atoms with E-state index in [4.69, 9.17) is 4.74 Å². The summed E-state index contributed by atoms with van der Waals surface area (Å²) in [7, 11) is 0. The van der Waals surface area contributed by atoms with E-state index in [1.54, 1.807) is 0 Å². The van der Waals surface area contributed by atoms with Gasteiger partial charge < -0.3 is 9.64 Å². The first kappa shape index (κ1) is 15.6. The molecule has 1 aliphatic rings. The number of benzene rings is 1. The maximum absolute atomic E-state index is 14.0. The summed E-state index contributed by atoms with van der Waals surface area (Å²) >= 11 is 0. The lowest BCUT2D eigenvalue weighted by Gasteiger charge is -2.36. The summed E-state index contributed by atoms with van der Waals surface area (Å²) in [5, 5.41) is 7.01. The summed E-state index contributed by atoms with van der Waals surface area (Å²) < 4.78 is 32.9. The van der Waals surface area contributed by atoms with E-state index in [2.05, 4.69) is 10.2 Å². The van der Waals surface area contributed by atoms with Crippen molar-refractivity contribution in [1.82, 2.24) is 15.1 Å². The fourth-order valence-electron chi connectivity index (χ4n) is 2.96. The molecule has 23 heavy (non-hydrogen) atoms. The van der Waals surface area contributed by atoms with Crippen LogP contribution in [0.2, 0.25) is 0 Å². The van der Waals surface area contributed by atoms with Crippen molar-refractivity contribution in [2.45, 2.75) is 19.9 Å². The molecule has 1 aliphatic heterocycles. The Labute approximate surface area is 132 Å². The van der Waals surface area contributed by atoms with Gasteiger partial charge in [-0.2, -0.15) is 5.10 Å². The molecule has 7 heteroatoms. The van der Waals surface area contributed by atoms with Crippen molar-refractivity contribution in [2.75, 3.05) is 19.8 Å². The first-order valence-corrected chi connectivity index (χ1v) is 7.35. The van der Waals surface area contributed by atoms with Crippen LogP contribution < -0.4 is 0 Å². The Balaban J connectivity index is 1.99. The van der Waals surface area contributed by atoms with Gasteiger partial charge in [-0.3, -0.25) is 9.89 Å². The zero-order valence-electron chi connectivity index (χ0n) is 12.9. The predicted molar refractivity (Wildman–Crippen MR) is 79.0 cm³/mol. The van der Waals surface area contributed by atoms with Gasteiger partial charge in [-0.25, -0.2) is 8.78 Å². The average molecular weight is 321 g/mol. The van der Waals surface area contributed by atoms with Gasteiger partial charge in [-0.1, -0.05) is 6.07 Å². The van der Waals surface area contributed by atoms with Gasteiger partial charge >= 0.3 is 0 Å². The van der Waals surface area contributed by atoms with Crippen LogP contribution in [-0.4, -0.2) is 40.8 Å². The molecule has 1 aromatic carbocycles. The van der Waals surface area contributed by atoms with Crippen LogP contribution in [0.15, 0.2) is 18.2 Å². The molecule has 0 unspecified atom stereocenters. The number of carbonyl (C=O) groups excluding carboxylic acids is 1. The van der Waals surface area contributed by atoms with E-state index in [0.29, 0.717) is 19.8 Å². The van der Waals surface area contributed by atoms with Gasteiger partial charge in [0.2, 0.25) is 0 Å². The van der Waals surface area contributed by atoms with Crippen LogP contribution in [-0.2, 0) is 4.74 Å². The Bertz CT molecular complexity index is 725. The highest BCUT2D eigenvalue weighted by molar-refractivity contribution is 5.95. The number of rotatable bonds is 2. The highest BCUT2D eigenvalue weighted by Crippen LogP contribution is 2.30. The minimum atomic E-state index is -1.12. The number of ether oxygens (including phenoxy) is 1. The number of aromatic nitrogens is 2. The van der Waals surface area contributed by atoms with Gasteiger partial charge in [0.1, 0.15) is 0 Å². The largest absolute Gasteiger partial charge is 0.377 e. The molecule has 122 valence electrons. The predicted octanol–water partition coefficient (Wildman–Crippen LogP) is 2.52. The van der Waals surface area contributed by atoms with Gasteiger partial charge in [0.25, 0.3) is 5.91 Å². The first-order chi connectivity index (χ1) is 11.0. The minimum absolute atomic E-state index is 0.268. The van der Waals surface area contributed by atoms with E-state index in [1.165, 1.54) is 17.0 Å². The zero-order valence-corrected chi connectivity index (χ0v) is 12.9. The second-order valence-corrected chi connectivity index (χ2v) is 5.54. The number of halogens is 2. The molecule has 0 aliphatic carbocycles. The molecular weight excluding hydrogens is 304 g/mol. The van der Waals surface area contributed by atoms with Gasteiger partial charge in [-0.05, 0) is 26.0 Å². The van der Waals surface area contributed by atoms with Crippen molar-refractivity contribution in [3.05, 3.63) is 52.3 Å². The molecule has 2 heterocycles. The Morgan fingerprint density at radius 1 is 1.39 bits per heavy atom. The Morgan fingerprint density at radius 2 is 2.17 bits per heavy atom. The summed E-state index contributed by atoms with van der Waals surface area (Å²) in [6, 6.07) is 3.24. The van der Waals surface area contributed by atoms with Gasteiger partial charge in [-0.15, -0.1) is 0 Å². The maximum atomic E-state index is 14.0. The van der Waals surface area contributed by atoms with Crippen LogP contribution in [0, 0.1) is 25.5 Å². The molecule has 1 N–H and O–H groups in total. The van der Waals surface area contributed by atoms with E-state index >= 15 is 0 Å². The van der Waals surface area contributed by atoms with Gasteiger partial charge in [0.05, 0.1) is 30.5 Å². The van der Waals surface area contributed by atoms with Crippen LogP contribution in [0.3, 0.4) is 0 Å². The standard InChI is InChI=1S/C16H17F2N3O2/c1-9-14(10(2)20-19-9)13-8-23-7-6-21(13)16(22)11-4-3-5-12(17)15(11)18/h3-5,13H,6-8H2,1-2H3,(H,19,20)/t13-/m1/s1. The number of aromatic amines is 1. The van der Waals surface area contributed by atoms with Crippen molar-refractivity contribution in [3.8, 4) is 0 Å². The number of amides is 1. The molecule has 0 spiro atoms. The van der Waals surface area contributed by atoms with Gasteiger partial charge in [0.15, 0.2) is 11.6 Å². The molecule has 0 bridgehead atoms. The maximum Gasteiger partial charge on any atom is 0.257 e. The molecule has 3 rings (SSSR count). The first-order valence-electron chi connectivity index (χ1n) is 7.35. The normalized spacial score (nSPS) is 18.3. The minimum Gasteiger partial charge on any atom is -0.377 e. The lowest BCUT2D eigenvalue weighted by atomic mass is 10.0. The number of carbonyl (C=O) groups is 1. The van der Waals surface area contributed by atoms with Crippen LogP contribution in [0.4, 0.5) is 8.78 Å². The number of nitrogens with zero attached hydrogens (tertiary/aromatic N) is 2. The lowest BCUT2D eigenvalue weighted by Crippen LogP contribution is -2.44. The molecule has 1 saturated heterocycles. The van der Waals surface area contributed by atoms with Crippen molar-refractivity contribution in [2.24, 2.45) is 0 Å². The van der Waals surface area contributed by atoms with Crippen molar-refractivity contribution >= 4 is 5.91 Å². The third-order valence-electron chi connectivity index (χ3n) is 4.09. The molecule has 1 amide bonds. The van der Waals surface area contributed by atoms with Crippen molar-refractivity contribution < 1.29 is 18.3 Å². The highest BCUT2D eigenvalue weighted by Gasteiger charge is 2.33. The number of morpholine rings is 1. The lowest BCUT2D eigenvalue weighted by molar-refractivity contribution is -0.00329. The van der Waals surface area contributed by atoms with Crippen LogP contribution >= 0.6 is 0 Å². The zero-order chi connectivity index (χ0) is 16.6. The number of hydrogen-bond acceptors (Lipinski definition) is 3. The number of aryl methyl sites for hydroxylation is 2. The van der Waals surface area contributed by atoms with Crippen LogP contribution in [0.25, 0.3) is 0 Å². The Kier molecular flexibility index (Phi) is 4.12. The third kappa shape index (κ3) is 2.72.